The van der Waals surface area contributed by atoms with Crippen LogP contribution in [0.5, 0.6) is 0 Å². The Morgan fingerprint density at radius 2 is 1.85 bits per heavy atom. The zero-order valence-electron chi connectivity index (χ0n) is 11.9. The van der Waals surface area contributed by atoms with E-state index in [-0.39, 0.29) is 5.91 Å². The van der Waals surface area contributed by atoms with E-state index in [9.17, 15) is 4.79 Å². The summed E-state index contributed by atoms with van der Waals surface area (Å²) in [7, 11) is 0. The third kappa shape index (κ3) is 3.06. The molecule has 0 atom stereocenters. The van der Waals surface area contributed by atoms with Crippen LogP contribution in [0.4, 0.5) is 11.4 Å². The van der Waals surface area contributed by atoms with Gasteiger partial charge in [0.25, 0.3) is 5.91 Å². The van der Waals surface area contributed by atoms with E-state index < -0.39 is 0 Å². The number of nitrogens with zero attached hydrogens (tertiary/aromatic N) is 1. The van der Waals surface area contributed by atoms with E-state index in [0.29, 0.717) is 11.7 Å². The van der Waals surface area contributed by atoms with Crippen molar-refractivity contribution in [2.24, 2.45) is 0 Å². The summed E-state index contributed by atoms with van der Waals surface area (Å²) in [5, 5.41) is 3.07. The Hall–Kier alpha value is -1.71. The van der Waals surface area contributed by atoms with Gasteiger partial charge in [-0.05, 0) is 43.9 Å². The Balaban J connectivity index is 1.85. The molecule has 1 saturated carbocycles. The molecule has 1 aliphatic heterocycles. The second-order valence-electron chi connectivity index (χ2n) is 5.93. The molecule has 2 fully saturated rings. The highest BCUT2D eigenvalue weighted by Gasteiger charge is 2.26. The van der Waals surface area contributed by atoms with Gasteiger partial charge in [-0.1, -0.05) is 12.8 Å². The monoisotopic (exact) mass is 273 g/mol. The summed E-state index contributed by atoms with van der Waals surface area (Å²) in [5.74, 6) is 0.0269. The van der Waals surface area contributed by atoms with Crippen molar-refractivity contribution in [2.75, 3.05) is 23.7 Å². The fourth-order valence-corrected chi connectivity index (χ4v) is 2.81. The van der Waals surface area contributed by atoms with Crippen LogP contribution in [0.1, 0.15) is 48.9 Å². The van der Waals surface area contributed by atoms with Crippen molar-refractivity contribution >= 4 is 17.3 Å². The first-order valence-corrected chi connectivity index (χ1v) is 7.69. The van der Waals surface area contributed by atoms with Crippen molar-refractivity contribution in [3.8, 4) is 0 Å². The molecule has 4 heteroatoms. The molecular weight excluding hydrogens is 250 g/mol. The Kier molecular flexibility index (Phi) is 3.81. The van der Waals surface area contributed by atoms with E-state index in [1.807, 2.05) is 18.2 Å². The van der Waals surface area contributed by atoms with Crippen molar-refractivity contribution in [1.82, 2.24) is 5.32 Å². The maximum atomic E-state index is 12.4. The molecule has 20 heavy (non-hydrogen) atoms. The van der Waals surface area contributed by atoms with Crippen LogP contribution in [-0.2, 0) is 0 Å². The number of anilines is 2. The van der Waals surface area contributed by atoms with Crippen LogP contribution in [0, 0.1) is 0 Å². The van der Waals surface area contributed by atoms with Crippen molar-refractivity contribution in [1.29, 1.82) is 0 Å². The number of rotatable bonds is 3. The minimum absolute atomic E-state index is 0.0269. The van der Waals surface area contributed by atoms with Crippen LogP contribution in [0.3, 0.4) is 0 Å². The average Bonchev–Trinajstić information content (AvgIpc) is 3.25. The Morgan fingerprint density at radius 3 is 2.50 bits per heavy atom. The van der Waals surface area contributed by atoms with Crippen molar-refractivity contribution in [3.63, 3.8) is 0 Å². The molecule has 4 nitrogen and oxygen atoms in total. The molecule has 0 unspecified atom stereocenters. The fourth-order valence-electron chi connectivity index (χ4n) is 2.81. The number of nitrogens with two attached hydrogens (primary N) is 1. The Morgan fingerprint density at radius 1 is 1.15 bits per heavy atom. The summed E-state index contributed by atoms with van der Waals surface area (Å²) < 4.78 is 0. The smallest absolute Gasteiger partial charge is 0.253 e. The van der Waals surface area contributed by atoms with Crippen molar-refractivity contribution in [3.05, 3.63) is 23.8 Å². The molecule has 1 aromatic rings. The molecule has 0 bridgehead atoms. The lowest BCUT2D eigenvalue weighted by atomic mass is 10.1. The van der Waals surface area contributed by atoms with Gasteiger partial charge in [-0.3, -0.25) is 4.79 Å². The van der Waals surface area contributed by atoms with Gasteiger partial charge in [0.05, 0.1) is 5.56 Å². The zero-order chi connectivity index (χ0) is 13.9. The molecule has 1 saturated heterocycles. The first-order valence-electron chi connectivity index (χ1n) is 7.69. The summed E-state index contributed by atoms with van der Waals surface area (Å²) in [6.07, 6.45) is 7.19. The molecule has 2 aliphatic rings. The van der Waals surface area contributed by atoms with Crippen LogP contribution in [0.15, 0.2) is 18.2 Å². The average molecular weight is 273 g/mol. The van der Waals surface area contributed by atoms with Gasteiger partial charge < -0.3 is 16.0 Å². The van der Waals surface area contributed by atoms with Gasteiger partial charge in [0.1, 0.15) is 0 Å². The van der Waals surface area contributed by atoms with E-state index in [4.69, 9.17) is 5.73 Å². The first-order chi connectivity index (χ1) is 9.74. The van der Waals surface area contributed by atoms with Gasteiger partial charge in [0.15, 0.2) is 0 Å². The molecule has 1 aliphatic carbocycles. The van der Waals surface area contributed by atoms with E-state index in [1.54, 1.807) is 0 Å². The first kappa shape index (κ1) is 13.3. The highest BCUT2D eigenvalue weighted by Crippen LogP contribution is 2.27. The summed E-state index contributed by atoms with van der Waals surface area (Å²) >= 11 is 0. The molecule has 3 rings (SSSR count). The minimum Gasteiger partial charge on any atom is -0.399 e. The SMILES string of the molecule is Nc1ccc(N2CCCCCC2)c(C(=O)NC2CC2)c1. The largest absolute Gasteiger partial charge is 0.399 e. The topological polar surface area (TPSA) is 58.4 Å². The number of hydrogen-bond donors (Lipinski definition) is 2. The third-order valence-corrected chi connectivity index (χ3v) is 4.12. The number of carbonyl (C=O) groups excluding carboxylic acids is 1. The molecule has 0 aromatic heterocycles. The number of carbonyl (C=O) groups is 1. The predicted molar refractivity (Wildman–Crippen MR) is 82.0 cm³/mol. The van der Waals surface area contributed by atoms with Crippen LogP contribution in [0.25, 0.3) is 0 Å². The minimum atomic E-state index is 0.0269. The van der Waals surface area contributed by atoms with Gasteiger partial charge in [-0.15, -0.1) is 0 Å². The fraction of sp³-hybridized carbons (Fsp3) is 0.562. The Bertz CT molecular complexity index is 488. The lowest BCUT2D eigenvalue weighted by Gasteiger charge is -2.25. The van der Waals surface area contributed by atoms with Gasteiger partial charge >= 0.3 is 0 Å². The molecule has 3 N–H and O–H groups in total. The highest BCUT2D eigenvalue weighted by atomic mass is 16.1. The summed E-state index contributed by atoms with van der Waals surface area (Å²) in [4.78, 5) is 14.7. The number of benzene rings is 1. The van der Waals surface area contributed by atoms with Crippen molar-refractivity contribution in [2.45, 2.75) is 44.6 Å². The van der Waals surface area contributed by atoms with E-state index in [1.165, 1.54) is 25.7 Å². The zero-order valence-corrected chi connectivity index (χ0v) is 11.9. The lowest BCUT2D eigenvalue weighted by Crippen LogP contribution is -2.30. The summed E-state index contributed by atoms with van der Waals surface area (Å²) in [5.41, 5.74) is 8.31. The molecule has 1 amide bonds. The molecule has 0 spiro atoms. The van der Waals surface area contributed by atoms with Gasteiger partial charge in [0.2, 0.25) is 0 Å². The van der Waals surface area contributed by atoms with Crippen LogP contribution in [0.2, 0.25) is 0 Å². The number of nitrogens with one attached hydrogen (secondary N) is 1. The summed E-state index contributed by atoms with van der Waals surface area (Å²) in [6.45, 7) is 2.07. The molecule has 108 valence electrons. The highest BCUT2D eigenvalue weighted by molar-refractivity contribution is 6.01. The quantitative estimate of drug-likeness (QED) is 0.832. The maximum absolute atomic E-state index is 12.4. The third-order valence-electron chi connectivity index (χ3n) is 4.12. The van der Waals surface area contributed by atoms with Crippen molar-refractivity contribution < 1.29 is 4.79 Å². The number of amides is 1. The number of hydrogen-bond acceptors (Lipinski definition) is 3. The van der Waals surface area contributed by atoms with Crippen LogP contribution >= 0.6 is 0 Å². The second kappa shape index (κ2) is 5.73. The van der Waals surface area contributed by atoms with Gasteiger partial charge in [-0.25, -0.2) is 0 Å². The van der Waals surface area contributed by atoms with E-state index in [0.717, 1.165) is 37.2 Å². The van der Waals surface area contributed by atoms with E-state index >= 15 is 0 Å². The van der Waals surface area contributed by atoms with Gasteiger partial charge in [0, 0.05) is 30.5 Å². The van der Waals surface area contributed by atoms with Gasteiger partial charge in [-0.2, -0.15) is 0 Å². The number of nitrogen functional groups attached to an aromatic ring is 1. The second-order valence-corrected chi connectivity index (χ2v) is 5.93. The normalized spacial score (nSPS) is 19.5. The lowest BCUT2D eigenvalue weighted by molar-refractivity contribution is 0.0951. The standard InChI is InChI=1S/C16H23N3O/c17-12-5-8-15(19-9-3-1-2-4-10-19)14(11-12)16(20)18-13-6-7-13/h5,8,11,13H,1-4,6-7,9-10,17H2,(H,18,20). The van der Waals surface area contributed by atoms with Crippen LogP contribution < -0.4 is 16.0 Å². The molecular formula is C16H23N3O. The predicted octanol–water partition coefficient (Wildman–Crippen LogP) is 2.54. The molecule has 0 radical (unpaired) electrons. The maximum Gasteiger partial charge on any atom is 0.253 e. The van der Waals surface area contributed by atoms with Crippen LogP contribution in [-0.4, -0.2) is 25.0 Å². The summed E-state index contributed by atoms with van der Waals surface area (Å²) in [6, 6.07) is 6.09. The Labute approximate surface area is 120 Å². The van der Waals surface area contributed by atoms with E-state index in [2.05, 4.69) is 10.2 Å². The molecule has 1 aromatic carbocycles. The molecule has 1 heterocycles.